The van der Waals surface area contributed by atoms with E-state index in [1.807, 2.05) is 29.9 Å². The highest BCUT2D eigenvalue weighted by molar-refractivity contribution is 7.09. The van der Waals surface area contributed by atoms with Crippen molar-refractivity contribution in [2.45, 2.75) is 19.4 Å². The minimum Gasteiger partial charge on any atom is -0.399 e. The Morgan fingerprint density at radius 1 is 1.29 bits per heavy atom. The molecule has 1 heterocycles. The third kappa shape index (κ3) is 3.84. The fourth-order valence-electron chi connectivity index (χ4n) is 1.71. The molecule has 0 saturated heterocycles. The molecule has 3 nitrogen and oxygen atoms in total. The number of benzene rings is 1. The number of nitrogens with zero attached hydrogens (tertiary/aromatic N) is 1. The van der Waals surface area contributed by atoms with Gasteiger partial charge in [-0.2, -0.15) is 0 Å². The molecule has 1 aromatic carbocycles. The third-order valence-electron chi connectivity index (χ3n) is 2.64. The Morgan fingerprint density at radius 3 is 2.94 bits per heavy atom. The van der Waals surface area contributed by atoms with E-state index in [0.717, 1.165) is 31.6 Å². The van der Waals surface area contributed by atoms with Gasteiger partial charge in [-0.3, -0.25) is 4.98 Å². The number of aryl methyl sites for hydroxylation is 1. The first-order valence-electron chi connectivity index (χ1n) is 5.78. The van der Waals surface area contributed by atoms with Crippen LogP contribution in [0.5, 0.6) is 0 Å². The van der Waals surface area contributed by atoms with Crippen molar-refractivity contribution in [3.63, 3.8) is 0 Å². The molecular weight excluding hydrogens is 230 g/mol. The second-order valence-electron chi connectivity index (χ2n) is 3.95. The molecule has 90 valence electrons. The Kier molecular flexibility index (Phi) is 4.53. The number of nitrogens with one attached hydrogen (secondary N) is 1. The van der Waals surface area contributed by atoms with E-state index in [-0.39, 0.29) is 0 Å². The summed E-state index contributed by atoms with van der Waals surface area (Å²) in [5, 5.41) is 3.41. The van der Waals surface area contributed by atoms with Gasteiger partial charge in [0, 0.05) is 23.3 Å². The summed E-state index contributed by atoms with van der Waals surface area (Å²) in [5.74, 6) is 0. The van der Waals surface area contributed by atoms with Crippen molar-refractivity contribution in [2.24, 2.45) is 0 Å². The quantitative estimate of drug-likeness (QED) is 0.609. The Labute approximate surface area is 106 Å². The number of thiazole rings is 1. The maximum absolute atomic E-state index is 5.89. The summed E-state index contributed by atoms with van der Waals surface area (Å²) in [6.45, 7) is 1.92. The molecule has 17 heavy (non-hydrogen) atoms. The van der Waals surface area contributed by atoms with Crippen LogP contribution in [0.2, 0.25) is 0 Å². The molecule has 4 heteroatoms. The molecule has 0 saturated carbocycles. The average molecular weight is 247 g/mol. The van der Waals surface area contributed by atoms with Gasteiger partial charge in [-0.15, -0.1) is 11.3 Å². The molecule has 0 fully saturated rings. The van der Waals surface area contributed by atoms with Crippen LogP contribution in [0, 0.1) is 0 Å². The largest absolute Gasteiger partial charge is 0.399 e. The number of nitrogens with two attached hydrogens (primary N) is 1. The van der Waals surface area contributed by atoms with Gasteiger partial charge in [0.2, 0.25) is 0 Å². The first kappa shape index (κ1) is 12.1. The Morgan fingerprint density at radius 2 is 2.18 bits per heavy atom. The number of rotatable bonds is 6. The monoisotopic (exact) mass is 247 g/mol. The van der Waals surface area contributed by atoms with Crippen LogP contribution in [-0.4, -0.2) is 11.5 Å². The maximum Gasteiger partial charge on any atom is 0.0794 e. The predicted molar refractivity (Wildman–Crippen MR) is 73.0 cm³/mol. The lowest BCUT2D eigenvalue weighted by Crippen LogP contribution is -2.14. The zero-order valence-corrected chi connectivity index (χ0v) is 10.5. The summed E-state index contributed by atoms with van der Waals surface area (Å²) >= 11 is 1.69. The van der Waals surface area contributed by atoms with E-state index in [0.29, 0.717) is 0 Å². The molecule has 0 aliphatic carbocycles. The van der Waals surface area contributed by atoms with Crippen molar-refractivity contribution in [3.8, 4) is 0 Å². The van der Waals surface area contributed by atoms with Crippen molar-refractivity contribution in [3.05, 3.63) is 46.4 Å². The predicted octanol–water partition coefficient (Wildman–Crippen LogP) is 2.45. The molecule has 3 N–H and O–H groups in total. The number of hydrogen-bond donors (Lipinski definition) is 2. The summed E-state index contributed by atoms with van der Waals surface area (Å²) in [6, 6.07) is 8.07. The zero-order valence-electron chi connectivity index (χ0n) is 9.73. The minimum absolute atomic E-state index is 0.898. The molecule has 1 aromatic heterocycles. The Hall–Kier alpha value is -1.39. The molecule has 2 rings (SSSR count). The number of anilines is 1. The van der Waals surface area contributed by atoms with Crippen LogP contribution in [0.4, 0.5) is 5.69 Å². The molecule has 0 aliphatic rings. The number of para-hydroxylation sites is 1. The smallest absolute Gasteiger partial charge is 0.0794 e. The molecular formula is C13H17N3S. The minimum atomic E-state index is 0.898. The summed E-state index contributed by atoms with van der Waals surface area (Å²) in [7, 11) is 0. The molecule has 0 amide bonds. The normalized spacial score (nSPS) is 10.6. The van der Waals surface area contributed by atoms with Gasteiger partial charge in [0.05, 0.1) is 5.51 Å². The lowest BCUT2D eigenvalue weighted by Gasteiger charge is -2.05. The van der Waals surface area contributed by atoms with Gasteiger partial charge in [0.1, 0.15) is 0 Å². The summed E-state index contributed by atoms with van der Waals surface area (Å²) in [5.41, 5.74) is 9.89. The van der Waals surface area contributed by atoms with Gasteiger partial charge in [-0.1, -0.05) is 18.2 Å². The van der Waals surface area contributed by atoms with E-state index < -0.39 is 0 Å². The van der Waals surface area contributed by atoms with Crippen LogP contribution in [0.15, 0.2) is 36.0 Å². The standard InChI is InChI=1S/C13H17N3S/c14-13-6-2-1-4-11(13)5-3-7-15-8-12-9-16-10-17-12/h1-2,4,6,9-10,15H,3,5,7-8,14H2. The molecule has 0 spiro atoms. The number of aromatic nitrogens is 1. The summed E-state index contributed by atoms with van der Waals surface area (Å²) in [4.78, 5) is 5.32. The first-order valence-corrected chi connectivity index (χ1v) is 6.65. The van der Waals surface area contributed by atoms with E-state index in [1.54, 1.807) is 11.3 Å². The Bertz CT molecular complexity index is 440. The van der Waals surface area contributed by atoms with Crippen LogP contribution < -0.4 is 11.1 Å². The number of nitrogen functional groups attached to an aromatic ring is 1. The van der Waals surface area contributed by atoms with Gasteiger partial charge < -0.3 is 11.1 Å². The fraction of sp³-hybridized carbons (Fsp3) is 0.308. The highest BCUT2D eigenvalue weighted by Gasteiger charge is 1.98. The van der Waals surface area contributed by atoms with E-state index >= 15 is 0 Å². The van der Waals surface area contributed by atoms with E-state index in [9.17, 15) is 0 Å². The van der Waals surface area contributed by atoms with E-state index in [1.165, 1.54) is 10.4 Å². The molecule has 2 aromatic rings. The molecule has 0 aliphatic heterocycles. The maximum atomic E-state index is 5.89. The van der Waals surface area contributed by atoms with Crippen molar-refractivity contribution in [2.75, 3.05) is 12.3 Å². The van der Waals surface area contributed by atoms with Crippen molar-refractivity contribution < 1.29 is 0 Å². The van der Waals surface area contributed by atoms with Gasteiger partial charge >= 0.3 is 0 Å². The van der Waals surface area contributed by atoms with Crippen LogP contribution >= 0.6 is 11.3 Å². The highest BCUT2D eigenvalue weighted by Crippen LogP contribution is 2.12. The highest BCUT2D eigenvalue weighted by atomic mass is 32.1. The average Bonchev–Trinajstić information content (AvgIpc) is 2.84. The van der Waals surface area contributed by atoms with Crippen LogP contribution in [0.25, 0.3) is 0 Å². The molecule has 0 radical (unpaired) electrons. The first-order chi connectivity index (χ1) is 8.36. The van der Waals surface area contributed by atoms with Gasteiger partial charge in [0.15, 0.2) is 0 Å². The summed E-state index contributed by atoms with van der Waals surface area (Å²) in [6.07, 6.45) is 4.04. The van der Waals surface area contributed by atoms with Crippen molar-refractivity contribution in [1.29, 1.82) is 0 Å². The van der Waals surface area contributed by atoms with E-state index in [2.05, 4.69) is 16.4 Å². The lowest BCUT2D eigenvalue weighted by atomic mass is 10.1. The van der Waals surface area contributed by atoms with Gasteiger partial charge in [0.25, 0.3) is 0 Å². The molecule has 0 unspecified atom stereocenters. The Balaban J connectivity index is 1.65. The SMILES string of the molecule is Nc1ccccc1CCCNCc1cncs1. The van der Waals surface area contributed by atoms with Crippen LogP contribution in [-0.2, 0) is 13.0 Å². The van der Waals surface area contributed by atoms with Crippen LogP contribution in [0.1, 0.15) is 16.9 Å². The van der Waals surface area contributed by atoms with Gasteiger partial charge in [-0.05, 0) is 31.0 Å². The van der Waals surface area contributed by atoms with Crippen molar-refractivity contribution >= 4 is 17.0 Å². The molecule has 0 atom stereocenters. The third-order valence-corrected chi connectivity index (χ3v) is 3.42. The second kappa shape index (κ2) is 6.37. The second-order valence-corrected chi connectivity index (χ2v) is 4.92. The van der Waals surface area contributed by atoms with Crippen LogP contribution in [0.3, 0.4) is 0 Å². The zero-order chi connectivity index (χ0) is 11.9. The van der Waals surface area contributed by atoms with Crippen molar-refractivity contribution in [1.82, 2.24) is 10.3 Å². The van der Waals surface area contributed by atoms with E-state index in [4.69, 9.17) is 5.73 Å². The topological polar surface area (TPSA) is 50.9 Å². The number of hydrogen-bond acceptors (Lipinski definition) is 4. The lowest BCUT2D eigenvalue weighted by molar-refractivity contribution is 0.654. The summed E-state index contributed by atoms with van der Waals surface area (Å²) < 4.78 is 0. The molecule has 0 bridgehead atoms. The van der Waals surface area contributed by atoms with Gasteiger partial charge in [-0.25, -0.2) is 0 Å². The fourth-order valence-corrected chi connectivity index (χ4v) is 2.27.